The minimum atomic E-state index is -0.565. The molecule has 4 heteroatoms. The van der Waals surface area contributed by atoms with Crippen molar-refractivity contribution in [1.29, 1.82) is 0 Å². The second-order valence-electron chi connectivity index (χ2n) is 4.04. The number of halogens is 1. The van der Waals surface area contributed by atoms with Crippen molar-refractivity contribution >= 4 is 27.5 Å². The second-order valence-corrected chi connectivity index (χ2v) is 6.02. The Kier molecular flexibility index (Phi) is 3.97. The normalized spacial score (nSPS) is 11.1. The molecule has 1 aromatic carbocycles. The molecule has 1 amide bonds. The lowest BCUT2D eigenvalue weighted by atomic mass is 10.1. The van der Waals surface area contributed by atoms with E-state index in [-0.39, 0.29) is 5.91 Å². The number of rotatable bonds is 3. The molecule has 1 aromatic rings. The van der Waals surface area contributed by atoms with Crippen molar-refractivity contribution in [3.63, 3.8) is 0 Å². The number of amides is 1. The average Bonchev–Trinajstić information content (AvgIpc) is 2.26. The summed E-state index contributed by atoms with van der Waals surface area (Å²) in [6.07, 6.45) is 0. The Morgan fingerprint density at radius 1 is 1.44 bits per heavy atom. The summed E-state index contributed by atoms with van der Waals surface area (Å²) < 4.78 is 4.56. The van der Waals surface area contributed by atoms with E-state index in [1.807, 2.05) is 38.1 Å². The van der Waals surface area contributed by atoms with Gasteiger partial charge in [-0.3, -0.25) is 4.79 Å². The summed E-state index contributed by atoms with van der Waals surface area (Å²) in [6, 6.07) is 7.41. The molecule has 0 N–H and O–H groups in total. The second kappa shape index (κ2) is 4.87. The van der Waals surface area contributed by atoms with Crippen LogP contribution in [-0.4, -0.2) is 24.4 Å². The van der Waals surface area contributed by atoms with Crippen LogP contribution < -0.4 is 9.64 Å². The van der Waals surface area contributed by atoms with E-state index in [1.54, 1.807) is 19.1 Å². The zero-order valence-corrected chi connectivity index (χ0v) is 11.5. The molecule has 16 heavy (non-hydrogen) atoms. The Balaban J connectivity index is 2.96. The van der Waals surface area contributed by atoms with E-state index in [0.717, 1.165) is 11.4 Å². The van der Waals surface area contributed by atoms with Gasteiger partial charge in [0.15, 0.2) is 0 Å². The fraction of sp³-hybridized carbons (Fsp3) is 0.417. The van der Waals surface area contributed by atoms with Crippen molar-refractivity contribution in [2.75, 3.05) is 19.1 Å². The number of hydrogen-bond donors (Lipinski definition) is 0. The van der Waals surface area contributed by atoms with Crippen molar-refractivity contribution in [1.82, 2.24) is 0 Å². The lowest BCUT2D eigenvalue weighted by Gasteiger charge is -2.24. The summed E-state index contributed by atoms with van der Waals surface area (Å²) in [6.45, 7) is 3.65. The van der Waals surface area contributed by atoms with Crippen LogP contribution >= 0.6 is 15.9 Å². The molecule has 0 aliphatic carbocycles. The van der Waals surface area contributed by atoms with Crippen LogP contribution in [0.4, 0.5) is 5.69 Å². The predicted molar refractivity (Wildman–Crippen MR) is 69.4 cm³/mol. The van der Waals surface area contributed by atoms with E-state index in [9.17, 15) is 4.79 Å². The summed E-state index contributed by atoms with van der Waals surface area (Å²) in [5, 5.41) is 0. The molecular formula is C12H16BrNO2. The van der Waals surface area contributed by atoms with Gasteiger partial charge in [0.05, 0.1) is 11.4 Å². The van der Waals surface area contributed by atoms with Gasteiger partial charge in [-0.15, -0.1) is 0 Å². The highest BCUT2D eigenvalue weighted by Gasteiger charge is 2.27. The third kappa shape index (κ3) is 2.98. The lowest BCUT2D eigenvalue weighted by Crippen LogP contribution is -2.39. The first kappa shape index (κ1) is 13.0. The van der Waals surface area contributed by atoms with Crippen LogP contribution in [0.15, 0.2) is 24.3 Å². The van der Waals surface area contributed by atoms with Crippen molar-refractivity contribution in [3.05, 3.63) is 24.3 Å². The third-order valence-corrected chi connectivity index (χ3v) is 2.59. The first-order chi connectivity index (χ1) is 7.36. The van der Waals surface area contributed by atoms with E-state index >= 15 is 0 Å². The van der Waals surface area contributed by atoms with Gasteiger partial charge in [0.2, 0.25) is 5.91 Å². The van der Waals surface area contributed by atoms with Crippen molar-refractivity contribution in [2.45, 2.75) is 18.2 Å². The summed E-state index contributed by atoms with van der Waals surface area (Å²) in [7, 11) is 3.36. The van der Waals surface area contributed by atoms with Gasteiger partial charge in [-0.25, -0.2) is 0 Å². The largest absolute Gasteiger partial charge is 0.497 e. The van der Waals surface area contributed by atoms with Crippen LogP contribution in [0, 0.1) is 0 Å². The number of carbonyl (C=O) groups excluding carboxylic acids is 1. The lowest BCUT2D eigenvalue weighted by molar-refractivity contribution is -0.119. The fourth-order valence-corrected chi connectivity index (χ4v) is 1.60. The summed E-state index contributed by atoms with van der Waals surface area (Å²) >= 11 is 3.35. The maximum absolute atomic E-state index is 12.0. The van der Waals surface area contributed by atoms with Gasteiger partial charge < -0.3 is 9.64 Å². The fourth-order valence-electron chi connectivity index (χ4n) is 1.34. The topological polar surface area (TPSA) is 29.5 Å². The van der Waals surface area contributed by atoms with Gasteiger partial charge in [0.25, 0.3) is 0 Å². The van der Waals surface area contributed by atoms with Gasteiger partial charge in [-0.05, 0) is 26.0 Å². The first-order valence-corrected chi connectivity index (χ1v) is 5.76. The molecule has 0 atom stereocenters. The highest BCUT2D eigenvalue weighted by Crippen LogP contribution is 2.25. The highest BCUT2D eigenvalue weighted by molar-refractivity contribution is 9.10. The number of anilines is 1. The molecule has 0 aliphatic rings. The van der Waals surface area contributed by atoms with Crippen molar-refractivity contribution in [3.8, 4) is 5.75 Å². The number of nitrogens with zero attached hydrogens (tertiary/aromatic N) is 1. The van der Waals surface area contributed by atoms with Crippen LogP contribution in [0.1, 0.15) is 13.8 Å². The van der Waals surface area contributed by atoms with E-state index in [2.05, 4.69) is 15.9 Å². The zero-order valence-electron chi connectivity index (χ0n) is 9.95. The van der Waals surface area contributed by atoms with Gasteiger partial charge in [-0.1, -0.05) is 22.0 Å². The zero-order chi connectivity index (χ0) is 12.3. The van der Waals surface area contributed by atoms with Crippen LogP contribution in [0.5, 0.6) is 5.75 Å². The van der Waals surface area contributed by atoms with Crippen molar-refractivity contribution in [2.24, 2.45) is 0 Å². The molecule has 1 rings (SSSR count). The van der Waals surface area contributed by atoms with Crippen LogP contribution in [0.3, 0.4) is 0 Å². The Hall–Kier alpha value is -1.03. The molecule has 0 unspecified atom stereocenters. The number of methoxy groups -OCH3 is 1. The molecule has 3 nitrogen and oxygen atoms in total. The minimum Gasteiger partial charge on any atom is -0.497 e. The Bertz CT molecular complexity index is 385. The molecule has 0 saturated carbocycles. The molecule has 0 spiro atoms. The number of ether oxygens (including phenoxy) is 1. The van der Waals surface area contributed by atoms with Gasteiger partial charge in [0, 0.05) is 18.8 Å². The number of alkyl halides is 1. The molecule has 0 saturated heterocycles. The quantitative estimate of drug-likeness (QED) is 0.800. The SMILES string of the molecule is COc1cccc(N(C)C(=O)C(C)(C)Br)c1. The Morgan fingerprint density at radius 3 is 2.56 bits per heavy atom. The number of benzene rings is 1. The van der Waals surface area contributed by atoms with E-state index < -0.39 is 4.32 Å². The van der Waals surface area contributed by atoms with E-state index in [0.29, 0.717) is 0 Å². The summed E-state index contributed by atoms with van der Waals surface area (Å²) in [5.41, 5.74) is 0.817. The number of carbonyl (C=O) groups is 1. The number of hydrogen-bond acceptors (Lipinski definition) is 2. The van der Waals surface area contributed by atoms with E-state index in [4.69, 9.17) is 4.74 Å². The predicted octanol–water partition coefficient (Wildman–Crippen LogP) is 2.83. The van der Waals surface area contributed by atoms with Gasteiger partial charge in [0.1, 0.15) is 5.75 Å². The molecule has 0 fully saturated rings. The van der Waals surface area contributed by atoms with Crippen LogP contribution in [-0.2, 0) is 4.79 Å². The highest BCUT2D eigenvalue weighted by atomic mass is 79.9. The molecule has 0 aromatic heterocycles. The molecule has 0 radical (unpaired) electrons. The van der Waals surface area contributed by atoms with Gasteiger partial charge in [-0.2, -0.15) is 0 Å². The standard InChI is InChI=1S/C12H16BrNO2/c1-12(2,13)11(15)14(3)9-6-5-7-10(8-9)16-4/h5-8H,1-4H3. The molecule has 0 heterocycles. The van der Waals surface area contributed by atoms with Crippen LogP contribution in [0.2, 0.25) is 0 Å². The molecule has 0 aliphatic heterocycles. The first-order valence-electron chi connectivity index (χ1n) is 4.97. The maximum Gasteiger partial charge on any atom is 0.243 e. The monoisotopic (exact) mass is 285 g/mol. The minimum absolute atomic E-state index is 0.000697. The van der Waals surface area contributed by atoms with Crippen LogP contribution in [0.25, 0.3) is 0 Å². The molecule has 0 bridgehead atoms. The maximum atomic E-state index is 12.0. The Morgan fingerprint density at radius 2 is 2.06 bits per heavy atom. The van der Waals surface area contributed by atoms with E-state index in [1.165, 1.54) is 0 Å². The smallest absolute Gasteiger partial charge is 0.243 e. The Labute approximate surface area is 105 Å². The average molecular weight is 286 g/mol. The van der Waals surface area contributed by atoms with Gasteiger partial charge >= 0.3 is 0 Å². The summed E-state index contributed by atoms with van der Waals surface area (Å²) in [5.74, 6) is 0.741. The summed E-state index contributed by atoms with van der Waals surface area (Å²) in [4.78, 5) is 13.6. The third-order valence-electron chi connectivity index (χ3n) is 2.25. The molecule has 88 valence electrons. The van der Waals surface area contributed by atoms with Crippen molar-refractivity contribution < 1.29 is 9.53 Å². The molecular weight excluding hydrogens is 270 g/mol.